The van der Waals surface area contributed by atoms with Crippen molar-refractivity contribution in [2.45, 2.75) is 65.2 Å². The van der Waals surface area contributed by atoms with Crippen molar-refractivity contribution < 1.29 is 42.4 Å². The number of hydrogen-bond donors (Lipinski definition) is 0. The number of carbonyl (C=O) groups excluding carboxylic acids is 1. The fourth-order valence-corrected chi connectivity index (χ4v) is 11.0. The minimum atomic E-state index is -1.57. The molecule has 13 nitrogen and oxygen atoms in total. The predicted molar refractivity (Wildman–Crippen MR) is 267 cm³/mol. The first-order valence-corrected chi connectivity index (χ1v) is 25.3. The maximum atomic E-state index is 13.3. The molecule has 2 radical (unpaired) electrons. The average molecular weight is 955 g/mol. The average Bonchev–Trinajstić information content (AvgIpc) is 3.32. The lowest BCUT2D eigenvalue weighted by atomic mass is 9.87. The number of nitro groups is 2. The van der Waals surface area contributed by atoms with Gasteiger partial charge in [0.2, 0.25) is 0 Å². The largest absolute Gasteiger partial charge is 0.519 e. The van der Waals surface area contributed by atoms with Crippen LogP contribution in [0.25, 0.3) is 0 Å². The molecule has 15 heteroatoms. The van der Waals surface area contributed by atoms with Crippen LogP contribution in [0.2, 0.25) is 0 Å². The molecule has 0 atom stereocenters. The Hall–Kier alpha value is -6.34. The molecule has 6 rings (SSSR count). The number of non-ortho nitro benzene ring substituents is 2. The third-order valence-corrected chi connectivity index (χ3v) is 15.4. The molecule has 0 spiro atoms. The second-order valence-corrected chi connectivity index (χ2v) is 22.2. The van der Waals surface area contributed by atoms with Crippen molar-refractivity contribution in [2.75, 3.05) is 39.6 Å². The molecule has 68 heavy (non-hydrogen) atoms. The number of nitrogens with zero attached hydrogens (tertiary/aromatic N) is 2. The summed E-state index contributed by atoms with van der Waals surface area (Å²) in [6.07, 6.45) is -0.775. The second-order valence-electron chi connectivity index (χ2n) is 18.0. The molecule has 0 aliphatic carbocycles. The van der Waals surface area contributed by atoms with Crippen LogP contribution in [0.3, 0.4) is 0 Å². The van der Waals surface area contributed by atoms with E-state index >= 15 is 0 Å². The smallest absolute Gasteiger partial charge is 0.405 e. The van der Waals surface area contributed by atoms with E-state index in [1.807, 2.05) is 36.4 Å². The SMILES string of the molecule is CC(C)(C)c1ccc([Si](OCCOCCc2cc([N+](=O)[O-])ccc2OC(=O)Oc2ccc([N+](=O)[O-])cc2CCOCCO[Si](c2ccccc2)c2ccc(C(C)(C)C)cc2)c2ccccc2)cc1. The minimum Gasteiger partial charge on any atom is -0.405 e. The van der Waals surface area contributed by atoms with Crippen molar-refractivity contribution in [2.24, 2.45) is 0 Å². The van der Waals surface area contributed by atoms with Crippen molar-refractivity contribution in [3.63, 3.8) is 0 Å². The summed E-state index contributed by atoms with van der Waals surface area (Å²) in [6, 6.07) is 45.0. The quantitative estimate of drug-likeness (QED) is 0.0161. The summed E-state index contributed by atoms with van der Waals surface area (Å²) in [7, 11) is -3.15. The van der Waals surface area contributed by atoms with Crippen LogP contribution in [-0.4, -0.2) is 73.7 Å². The zero-order valence-electron chi connectivity index (χ0n) is 39.4. The molecular weight excluding hydrogens is 897 g/mol. The molecule has 0 bridgehead atoms. The van der Waals surface area contributed by atoms with Crippen LogP contribution in [0.15, 0.2) is 146 Å². The standard InChI is InChI=1S/C53H58N2O11Si2/c1-52(2,3)41-17-23-47(24-18-41)67(45-13-9-7-10-14-45)63-35-33-61-31-29-39-37-43(54(57)58)21-27-49(39)65-51(56)66-50-28-22-44(55(59)60)38-40(50)30-32-62-34-36-64-68(46-15-11-8-12-16-46)48-25-19-42(20-26-48)53(4,5)6/h7-28,37-38H,29-36H2,1-6H3. The van der Waals surface area contributed by atoms with Gasteiger partial charge < -0.3 is 27.8 Å². The topological polar surface area (TPSA) is 159 Å². The maximum Gasteiger partial charge on any atom is 0.519 e. The molecule has 0 unspecified atom stereocenters. The van der Waals surface area contributed by atoms with Crippen LogP contribution in [0, 0.1) is 20.2 Å². The molecule has 0 N–H and O–H groups in total. The van der Waals surface area contributed by atoms with Crippen molar-refractivity contribution in [3.8, 4) is 11.5 Å². The molecule has 0 aromatic heterocycles. The van der Waals surface area contributed by atoms with Crippen LogP contribution in [-0.2, 0) is 42.0 Å². The van der Waals surface area contributed by atoms with Gasteiger partial charge in [0.05, 0.1) is 49.5 Å². The Labute approximate surface area is 401 Å². The van der Waals surface area contributed by atoms with Gasteiger partial charge >= 0.3 is 6.16 Å². The molecule has 6 aromatic rings. The van der Waals surface area contributed by atoms with Gasteiger partial charge in [0.1, 0.15) is 11.5 Å². The normalized spacial score (nSPS) is 11.8. The zero-order valence-corrected chi connectivity index (χ0v) is 41.4. The fourth-order valence-electron chi connectivity index (χ4n) is 7.21. The molecule has 6 aromatic carbocycles. The number of carbonyl (C=O) groups is 1. The van der Waals surface area contributed by atoms with E-state index in [2.05, 4.69) is 114 Å². The lowest BCUT2D eigenvalue weighted by Gasteiger charge is -2.21. The van der Waals surface area contributed by atoms with Crippen LogP contribution >= 0.6 is 0 Å². The van der Waals surface area contributed by atoms with Gasteiger partial charge in [0.25, 0.3) is 29.5 Å². The zero-order chi connectivity index (χ0) is 48.7. The molecule has 0 aliphatic heterocycles. The summed E-state index contributed by atoms with van der Waals surface area (Å²) in [5, 5.41) is 27.9. The summed E-state index contributed by atoms with van der Waals surface area (Å²) < 4.78 is 35.9. The molecule has 354 valence electrons. The Bertz CT molecular complexity index is 2410. The summed E-state index contributed by atoms with van der Waals surface area (Å²) >= 11 is 0. The van der Waals surface area contributed by atoms with Crippen LogP contribution in [0.1, 0.15) is 63.8 Å². The van der Waals surface area contributed by atoms with Crippen molar-refractivity contribution >= 4 is 56.4 Å². The van der Waals surface area contributed by atoms with Gasteiger partial charge in [0.15, 0.2) is 0 Å². The van der Waals surface area contributed by atoms with E-state index in [0.717, 1.165) is 20.7 Å². The van der Waals surface area contributed by atoms with Crippen molar-refractivity contribution in [1.29, 1.82) is 0 Å². The van der Waals surface area contributed by atoms with Gasteiger partial charge in [-0.1, -0.05) is 151 Å². The van der Waals surface area contributed by atoms with E-state index in [0.29, 0.717) is 24.3 Å². The number of rotatable bonds is 22. The highest BCUT2D eigenvalue weighted by molar-refractivity contribution is 6.80. The van der Waals surface area contributed by atoms with Gasteiger partial charge in [-0.2, -0.15) is 0 Å². The second kappa shape index (κ2) is 24.1. The Balaban J connectivity index is 1.03. The van der Waals surface area contributed by atoms with E-state index in [9.17, 15) is 25.0 Å². The van der Waals surface area contributed by atoms with Gasteiger partial charge in [0, 0.05) is 35.4 Å². The molecule has 0 amide bonds. The minimum absolute atomic E-state index is 0.0251. The monoisotopic (exact) mass is 954 g/mol. The Morgan fingerprint density at radius 3 is 1.16 bits per heavy atom. The number of nitro benzene ring substituents is 2. The molecule has 0 heterocycles. The van der Waals surface area contributed by atoms with Crippen LogP contribution in [0.4, 0.5) is 16.2 Å². The van der Waals surface area contributed by atoms with E-state index < -0.39 is 34.1 Å². The first-order chi connectivity index (χ1) is 32.6. The summed E-state index contributed by atoms with van der Waals surface area (Å²) in [6.45, 7) is 14.5. The molecule has 0 saturated carbocycles. The van der Waals surface area contributed by atoms with Crippen molar-refractivity contribution in [3.05, 3.63) is 188 Å². The lowest BCUT2D eigenvalue weighted by molar-refractivity contribution is -0.385. The van der Waals surface area contributed by atoms with E-state index in [1.54, 1.807) is 0 Å². The van der Waals surface area contributed by atoms with Gasteiger partial charge in [-0.25, -0.2) is 4.79 Å². The van der Waals surface area contributed by atoms with Gasteiger partial charge in [-0.05, 0) is 67.7 Å². The first-order valence-electron chi connectivity index (χ1n) is 22.5. The van der Waals surface area contributed by atoms with Crippen molar-refractivity contribution in [1.82, 2.24) is 0 Å². The van der Waals surface area contributed by atoms with Gasteiger partial charge in [-0.3, -0.25) is 20.2 Å². The third-order valence-electron chi connectivity index (χ3n) is 11.0. The van der Waals surface area contributed by atoms with Gasteiger partial charge in [-0.15, -0.1) is 0 Å². The Morgan fingerprint density at radius 1 is 0.471 bits per heavy atom. The van der Waals surface area contributed by atoms with E-state index in [1.165, 1.54) is 47.5 Å². The first kappa shape index (κ1) is 51.1. The fraction of sp³-hybridized carbons (Fsp3) is 0.302. The number of ether oxygens (including phenoxy) is 4. The predicted octanol–water partition coefficient (Wildman–Crippen LogP) is 8.44. The highest BCUT2D eigenvalue weighted by atomic mass is 28.3. The highest BCUT2D eigenvalue weighted by Gasteiger charge is 2.24. The van der Waals surface area contributed by atoms with Crippen LogP contribution < -0.4 is 30.2 Å². The van der Waals surface area contributed by atoms with E-state index in [4.69, 9.17) is 27.8 Å². The lowest BCUT2D eigenvalue weighted by Crippen LogP contribution is -2.45. The molecular formula is C53H58N2O11Si2. The Kier molecular flexibility index (Phi) is 18.1. The Morgan fingerprint density at radius 2 is 0.824 bits per heavy atom. The van der Waals surface area contributed by atoms with Crippen LogP contribution in [0.5, 0.6) is 11.5 Å². The number of hydrogen-bond acceptors (Lipinski definition) is 11. The number of benzene rings is 6. The van der Waals surface area contributed by atoms with E-state index in [-0.39, 0.29) is 73.0 Å². The summed E-state index contributed by atoms with van der Waals surface area (Å²) in [5.41, 5.74) is 2.85. The summed E-state index contributed by atoms with van der Waals surface area (Å²) in [4.78, 5) is 35.6. The highest BCUT2D eigenvalue weighted by Crippen LogP contribution is 2.29. The molecule has 0 fully saturated rings. The summed E-state index contributed by atoms with van der Waals surface area (Å²) in [5.74, 6) is 0.0872. The maximum absolute atomic E-state index is 13.3. The third kappa shape index (κ3) is 14.8. The molecule has 0 saturated heterocycles. The molecule has 0 aliphatic rings.